The molecule has 2 heteroatoms. The van der Waals surface area contributed by atoms with Gasteiger partial charge in [-0.05, 0) is 19.1 Å². The Bertz CT molecular complexity index is 227. The maximum absolute atomic E-state index is 5.43. The molecule has 0 aromatic carbocycles. The molecular formula is C10H17NO. The molecule has 0 unspecified atom stereocenters. The largest absolute Gasteiger partial charge is 0.466 e. The van der Waals surface area contributed by atoms with Crippen LogP contribution in [0.3, 0.4) is 0 Å². The summed E-state index contributed by atoms with van der Waals surface area (Å²) in [4.78, 5) is 0. The molecule has 12 heavy (non-hydrogen) atoms. The minimum Gasteiger partial charge on any atom is -0.466 e. The number of nitrogens with one attached hydrogen (secondary N) is 1. The van der Waals surface area contributed by atoms with Gasteiger partial charge in [-0.15, -0.1) is 0 Å². The molecule has 0 saturated heterocycles. The van der Waals surface area contributed by atoms with Gasteiger partial charge in [0.25, 0.3) is 0 Å². The highest BCUT2D eigenvalue weighted by Crippen LogP contribution is 2.05. The number of furan rings is 1. The molecule has 0 aliphatic carbocycles. The van der Waals surface area contributed by atoms with E-state index in [-0.39, 0.29) is 0 Å². The van der Waals surface area contributed by atoms with Crippen LogP contribution >= 0.6 is 0 Å². The molecule has 0 aliphatic heterocycles. The van der Waals surface area contributed by atoms with Gasteiger partial charge in [0.1, 0.15) is 11.5 Å². The molecule has 0 radical (unpaired) electrons. The third kappa shape index (κ3) is 3.09. The van der Waals surface area contributed by atoms with Gasteiger partial charge < -0.3 is 9.73 Å². The van der Waals surface area contributed by atoms with Crippen LogP contribution in [0.4, 0.5) is 0 Å². The minimum absolute atomic E-state index is 0.557. The summed E-state index contributed by atoms with van der Waals surface area (Å²) in [5, 5.41) is 3.34. The standard InChI is InChI=1S/C10H17NO/c1-8(2)11-7-6-10-5-4-9(3)12-10/h4-5,8,11H,6-7H2,1-3H3. The molecule has 0 spiro atoms. The highest BCUT2D eigenvalue weighted by atomic mass is 16.3. The highest BCUT2D eigenvalue weighted by molar-refractivity contribution is 5.05. The van der Waals surface area contributed by atoms with Crippen LogP contribution in [-0.2, 0) is 6.42 Å². The molecule has 0 bridgehead atoms. The van der Waals surface area contributed by atoms with Crippen LogP contribution in [-0.4, -0.2) is 12.6 Å². The Kier molecular flexibility index (Phi) is 3.35. The summed E-state index contributed by atoms with van der Waals surface area (Å²) in [6.45, 7) is 7.25. The molecular weight excluding hydrogens is 150 g/mol. The number of rotatable bonds is 4. The van der Waals surface area contributed by atoms with Crippen molar-refractivity contribution in [1.82, 2.24) is 5.32 Å². The second-order valence-corrected chi connectivity index (χ2v) is 3.37. The smallest absolute Gasteiger partial charge is 0.105 e. The van der Waals surface area contributed by atoms with Gasteiger partial charge in [0.15, 0.2) is 0 Å². The van der Waals surface area contributed by atoms with E-state index < -0.39 is 0 Å². The molecule has 0 fully saturated rings. The normalized spacial score (nSPS) is 11.0. The number of hydrogen-bond donors (Lipinski definition) is 1. The lowest BCUT2D eigenvalue weighted by atomic mass is 10.3. The van der Waals surface area contributed by atoms with E-state index in [4.69, 9.17) is 4.42 Å². The Balaban J connectivity index is 2.24. The van der Waals surface area contributed by atoms with E-state index in [1.54, 1.807) is 0 Å². The molecule has 1 rings (SSSR count). The van der Waals surface area contributed by atoms with Gasteiger partial charge in [-0.1, -0.05) is 13.8 Å². The molecule has 0 saturated carbocycles. The van der Waals surface area contributed by atoms with Gasteiger partial charge >= 0.3 is 0 Å². The summed E-state index contributed by atoms with van der Waals surface area (Å²) in [6.07, 6.45) is 0.978. The fourth-order valence-corrected chi connectivity index (χ4v) is 1.10. The van der Waals surface area contributed by atoms with Crippen molar-refractivity contribution in [1.29, 1.82) is 0 Å². The molecule has 1 aromatic rings. The maximum atomic E-state index is 5.43. The zero-order valence-corrected chi connectivity index (χ0v) is 8.05. The average Bonchev–Trinajstić information content (AvgIpc) is 2.35. The SMILES string of the molecule is Cc1ccc(CCNC(C)C)o1. The highest BCUT2D eigenvalue weighted by Gasteiger charge is 1.98. The predicted molar refractivity (Wildman–Crippen MR) is 50.3 cm³/mol. The molecule has 0 atom stereocenters. The third-order valence-corrected chi connectivity index (χ3v) is 1.72. The fourth-order valence-electron chi connectivity index (χ4n) is 1.10. The molecule has 1 N–H and O–H groups in total. The third-order valence-electron chi connectivity index (χ3n) is 1.72. The van der Waals surface area contributed by atoms with E-state index in [2.05, 4.69) is 19.2 Å². The topological polar surface area (TPSA) is 25.2 Å². The monoisotopic (exact) mass is 167 g/mol. The summed E-state index contributed by atoms with van der Waals surface area (Å²) in [7, 11) is 0. The Morgan fingerprint density at radius 2 is 2.17 bits per heavy atom. The molecule has 0 aliphatic rings. The van der Waals surface area contributed by atoms with Crippen molar-refractivity contribution in [3.63, 3.8) is 0 Å². The van der Waals surface area contributed by atoms with Gasteiger partial charge in [0, 0.05) is 19.0 Å². The molecule has 1 heterocycles. The van der Waals surface area contributed by atoms with Crippen molar-refractivity contribution in [2.45, 2.75) is 33.2 Å². The first-order valence-electron chi connectivity index (χ1n) is 4.47. The van der Waals surface area contributed by atoms with E-state index in [1.165, 1.54) is 0 Å². The van der Waals surface area contributed by atoms with Gasteiger partial charge in [0.05, 0.1) is 0 Å². The number of hydrogen-bond acceptors (Lipinski definition) is 2. The van der Waals surface area contributed by atoms with Crippen molar-refractivity contribution in [3.8, 4) is 0 Å². The Morgan fingerprint density at radius 3 is 2.67 bits per heavy atom. The van der Waals surface area contributed by atoms with Crippen LogP contribution in [0.1, 0.15) is 25.4 Å². The summed E-state index contributed by atoms with van der Waals surface area (Å²) in [6, 6.07) is 4.60. The average molecular weight is 167 g/mol. The summed E-state index contributed by atoms with van der Waals surface area (Å²) >= 11 is 0. The van der Waals surface area contributed by atoms with Crippen LogP contribution in [0.15, 0.2) is 16.5 Å². The molecule has 0 amide bonds. The van der Waals surface area contributed by atoms with Crippen LogP contribution in [0.5, 0.6) is 0 Å². The van der Waals surface area contributed by atoms with Crippen molar-refractivity contribution < 1.29 is 4.42 Å². The summed E-state index contributed by atoms with van der Waals surface area (Å²) in [5.74, 6) is 2.06. The maximum Gasteiger partial charge on any atom is 0.105 e. The molecule has 2 nitrogen and oxygen atoms in total. The van der Waals surface area contributed by atoms with Crippen LogP contribution < -0.4 is 5.32 Å². The first-order valence-corrected chi connectivity index (χ1v) is 4.47. The van der Waals surface area contributed by atoms with E-state index in [9.17, 15) is 0 Å². The van der Waals surface area contributed by atoms with Crippen molar-refractivity contribution >= 4 is 0 Å². The zero-order valence-electron chi connectivity index (χ0n) is 8.05. The quantitative estimate of drug-likeness (QED) is 0.743. The molecule has 1 aromatic heterocycles. The lowest BCUT2D eigenvalue weighted by Gasteiger charge is -2.05. The first kappa shape index (κ1) is 9.33. The fraction of sp³-hybridized carbons (Fsp3) is 0.600. The summed E-state index contributed by atoms with van der Waals surface area (Å²) < 4.78 is 5.43. The Labute approximate surface area is 74.0 Å². The van der Waals surface area contributed by atoms with E-state index in [0.29, 0.717) is 6.04 Å². The van der Waals surface area contributed by atoms with Crippen LogP contribution in [0.25, 0.3) is 0 Å². The number of aryl methyl sites for hydroxylation is 1. The van der Waals surface area contributed by atoms with Crippen molar-refractivity contribution in [2.75, 3.05) is 6.54 Å². The molecule has 68 valence electrons. The summed E-state index contributed by atoms with van der Waals surface area (Å²) in [5.41, 5.74) is 0. The second-order valence-electron chi connectivity index (χ2n) is 3.37. The predicted octanol–water partition coefficient (Wildman–Crippen LogP) is 2.13. The van der Waals surface area contributed by atoms with E-state index >= 15 is 0 Å². The lowest BCUT2D eigenvalue weighted by Crippen LogP contribution is -2.24. The Morgan fingerprint density at radius 1 is 1.42 bits per heavy atom. The first-order chi connectivity index (χ1) is 5.68. The second kappa shape index (κ2) is 4.31. The van der Waals surface area contributed by atoms with Crippen LogP contribution in [0.2, 0.25) is 0 Å². The van der Waals surface area contributed by atoms with Gasteiger partial charge in [-0.25, -0.2) is 0 Å². The van der Waals surface area contributed by atoms with E-state index in [0.717, 1.165) is 24.5 Å². The van der Waals surface area contributed by atoms with Crippen molar-refractivity contribution in [2.24, 2.45) is 0 Å². The van der Waals surface area contributed by atoms with Gasteiger partial charge in [0.2, 0.25) is 0 Å². The van der Waals surface area contributed by atoms with Gasteiger partial charge in [-0.2, -0.15) is 0 Å². The van der Waals surface area contributed by atoms with Gasteiger partial charge in [-0.3, -0.25) is 0 Å². The Hall–Kier alpha value is -0.760. The minimum atomic E-state index is 0.557. The van der Waals surface area contributed by atoms with Crippen LogP contribution in [0, 0.1) is 6.92 Å². The van der Waals surface area contributed by atoms with E-state index in [1.807, 2.05) is 19.1 Å². The van der Waals surface area contributed by atoms with Crippen molar-refractivity contribution in [3.05, 3.63) is 23.7 Å². The lowest BCUT2D eigenvalue weighted by molar-refractivity contribution is 0.469. The zero-order chi connectivity index (χ0) is 8.97.